The van der Waals surface area contributed by atoms with E-state index in [9.17, 15) is 4.79 Å². The van der Waals surface area contributed by atoms with Crippen molar-refractivity contribution in [1.82, 2.24) is 9.88 Å². The zero-order chi connectivity index (χ0) is 14.9. The summed E-state index contributed by atoms with van der Waals surface area (Å²) in [5.41, 5.74) is 7.15. The molecule has 3 atom stereocenters. The first-order valence-corrected chi connectivity index (χ1v) is 7.66. The van der Waals surface area contributed by atoms with Crippen molar-refractivity contribution in [3.05, 3.63) is 18.0 Å². The molecule has 4 nitrogen and oxygen atoms in total. The number of anilines is 1. The smallest absolute Gasteiger partial charge is 0.268 e. The maximum Gasteiger partial charge on any atom is 0.268 e. The van der Waals surface area contributed by atoms with E-state index in [2.05, 4.69) is 33.0 Å². The van der Waals surface area contributed by atoms with Gasteiger partial charge in [0.05, 0.1) is 5.69 Å². The van der Waals surface area contributed by atoms with Gasteiger partial charge in [-0.25, -0.2) is 0 Å². The number of carbonyl (C=O) groups excluding carboxylic acids is 1. The highest BCUT2D eigenvalue weighted by atomic mass is 16.2. The lowest BCUT2D eigenvalue weighted by Gasteiger charge is -2.33. The average Bonchev–Trinajstić information content (AvgIpc) is 2.75. The van der Waals surface area contributed by atoms with Crippen LogP contribution in [0.15, 0.2) is 12.3 Å². The summed E-state index contributed by atoms with van der Waals surface area (Å²) in [6.07, 6.45) is 5.30. The summed E-state index contributed by atoms with van der Waals surface area (Å²) in [6, 6.07) is 2.29. The number of nitrogens with two attached hydrogens (primary N) is 1. The molecule has 2 rings (SSSR count). The highest BCUT2D eigenvalue weighted by Crippen LogP contribution is 2.29. The van der Waals surface area contributed by atoms with Crippen molar-refractivity contribution in [1.29, 1.82) is 0 Å². The predicted octanol–water partition coefficient (Wildman–Crippen LogP) is 3.21. The van der Waals surface area contributed by atoms with Crippen molar-refractivity contribution >= 4 is 11.6 Å². The van der Waals surface area contributed by atoms with E-state index in [4.69, 9.17) is 5.73 Å². The molecule has 0 radical (unpaired) electrons. The van der Waals surface area contributed by atoms with Crippen LogP contribution in [0.4, 0.5) is 5.69 Å². The van der Waals surface area contributed by atoms with E-state index >= 15 is 0 Å². The quantitative estimate of drug-likeness (QED) is 0.891. The van der Waals surface area contributed by atoms with Crippen LogP contribution in [-0.4, -0.2) is 16.5 Å². The second-order valence-corrected chi connectivity index (χ2v) is 6.64. The molecule has 3 unspecified atom stereocenters. The van der Waals surface area contributed by atoms with Gasteiger partial charge in [0, 0.05) is 18.3 Å². The third kappa shape index (κ3) is 3.17. The number of hydrogen-bond donors (Lipinski definition) is 2. The summed E-state index contributed by atoms with van der Waals surface area (Å²) in [5.74, 6) is 1.32. The van der Waals surface area contributed by atoms with Gasteiger partial charge in [0.1, 0.15) is 5.69 Å². The van der Waals surface area contributed by atoms with Gasteiger partial charge in [-0.15, -0.1) is 0 Å². The molecule has 1 amide bonds. The van der Waals surface area contributed by atoms with Gasteiger partial charge >= 0.3 is 0 Å². The maximum absolute atomic E-state index is 12.5. The van der Waals surface area contributed by atoms with E-state index in [0.29, 0.717) is 17.3 Å². The van der Waals surface area contributed by atoms with Crippen LogP contribution in [0.5, 0.6) is 0 Å². The van der Waals surface area contributed by atoms with Crippen LogP contribution in [0.1, 0.15) is 63.5 Å². The van der Waals surface area contributed by atoms with Crippen LogP contribution in [0.3, 0.4) is 0 Å². The number of hydrogen-bond acceptors (Lipinski definition) is 2. The number of carbonyl (C=O) groups is 1. The molecule has 1 aliphatic rings. The molecule has 1 saturated carbocycles. The van der Waals surface area contributed by atoms with E-state index < -0.39 is 0 Å². The number of nitrogens with zero attached hydrogens (tertiary/aromatic N) is 1. The fourth-order valence-electron chi connectivity index (χ4n) is 3.23. The minimum atomic E-state index is 0.00167. The lowest BCUT2D eigenvalue weighted by atomic mass is 9.80. The molecule has 0 saturated heterocycles. The summed E-state index contributed by atoms with van der Waals surface area (Å²) in [5, 5.41) is 3.20. The first kappa shape index (κ1) is 14.9. The number of rotatable bonds is 3. The molecular weight excluding hydrogens is 250 g/mol. The number of aromatic nitrogens is 1. The summed E-state index contributed by atoms with van der Waals surface area (Å²) in [4.78, 5) is 12.5. The van der Waals surface area contributed by atoms with E-state index in [-0.39, 0.29) is 18.0 Å². The predicted molar refractivity (Wildman–Crippen MR) is 82.7 cm³/mol. The van der Waals surface area contributed by atoms with Gasteiger partial charge in [0.2, 0.25) is 0 Å². The van der Waals surface area contributed by atoms with E-state index in [0.717, 1.165) is 12.3 Å². The molecule has 20 heavy (non-hydrogen) atoms. The normalized spacial score (nSPS) is 26.8. The van der Waals surface area contributed by atoms with Gasteiger partial charge in [-0.2, -0.15) is 0 Å². The van der Waals surface area contributed by atoms with E-state index in [1.165, 1.54) is 12.8 Å². The van der Waals surface area contributed by atoms with Crippen LogP contribution in [-0.2, 0) is 0 Å². The molecule has 4 heteroatoms. The van der Waals surface area contributed by atoms with Crippen molar-refractivity contribution in [2.75, 3.05) is 5.73 Å². The molecule has 1 aliphatic carbocycles. The lowest BCUT2D eigenvalue weighted by molar-refractivity contribution is 0.0888. The largest absolute Gasteiger partial charge is 0.397 e. The van der Waals surface area contributed by atoms with Crippen LogP contribution in [0.25, 0.3) is 0 Å². The van der Waals surface area contributed by atoms with Gasteiger partial charge in [0.15, 0.2) is 0 Å². The second-order valence-electron chi connectivity index (χ2n) is 6.64. The Balaban J connectivity index is 2.08. The number of amides is 1. The molecule has 3 N–H and O–H groups in total. The summed E-state index contributed by atoms with van der Waals surface area (Å²) < 4.78 is 1.95. The molecule has 1 aromatic heterocycles. The Morgan fingerprint density at radius 1 is 1.40 bits per heavy atom. The standard InChI is InChI=1S/C16H27N3O/c1-10(2)19-9-13(17)8-15(19)16(20)18-14-6-5-11(3)7-12(14)4/h8-12,14H,5-7,17H2,1-4H3,(H,18,20). The molecule has 0 spiro atoms. The Labute approximate surface area is 121 Å². The number of nitrogen functional groups attached to an aromatic ring is 1. The maximum atomic E-state index is 12.5. The first-order valence-electron chi connectivity index (χ1n) is 7.66. The van der Waals surface area contributed by atoms with Crippen molar-refractivity contribution < 1.29 is 4.79 Å². The lowest BCUT2D eigenvalue weighted by Crippen LogP contribution is -2.43. The monoisotopic (exact) mass is 277 g/mol. The third-order valence-corrected chi connectivity index (χ3v) is 4.41. The van der Waals surface area contributed by atoms with Gasteiger partial charge < -0.3 is 15.6 Å². The van der Waals surface area contributed by atoms with Crippen LogP contribution >= 0.6 is 0 Å². The summed E-state index contributed by atoms with van der Waals surface area (Å²) >= 11 is 0. The van der Waals surface area contributed by atoms with Gasteiger partial charge in [-0.1, -0.05) is 13.8 Å². The molecule has 0 bridgehead atoms. The summed E-state index contributed by atoms with van der Waals surface area (Å²) in [7, 11) is 0. The topological polar surface area (TPSA) is 60.1 Å². The molecular formula is C16H27N3O. The summed E-state index contributed by atoms with van der Waals surface area (Å²) in [6.45, 7) is 8.64. The van der Waals surface area contributed by atoms with Crippen molar-refractivity contribution in [3.8, 4) is 0 Å². The Kier molecular flexibility index (Phi) is 4.41. The third-order valence-electron chi connectivity index (χ3n) is 4.41. The zero-order valence-corrected chi connectivity index (χ0v) is 13.0. The Morgan fingerprint density at radius 3 is 2.70 bits per heavy atom. The second kappa shape index (κ2) is 5.90. The minimum absolute atomic E-state index is 0.00167. The SMILES string of the molecule is CC1CCC(NC(=O)c2cc(N)cn2C(C)C)C(C)C1. The molecule has 0 aromatic carbocycles. The van der Waals surface area contributed by atoms with Crippen LogP contribution in [0.2, 0.25) is 0 Å². The molecule has 1 fully saturated rings. The van der Waals surface area contributed by atoms with Gasteiger partial charge in [0.25, 0.3) is 5.91 Å². The molecule has 112 valence electrons. The van der Waals surface area contributed by atoms with E-state index in [1.54, 1.807) is 6.07 Å². The molecule has 1 heterocycles. The first-order chi connectivity index (χ1) is 9.38. The Bertz CT molecular complexity index is 478. The zero-order valence-electron chi connectivity index (χ0n) is 13.0. The Hall–Kier alpha value is -1.45. The minimum Gasteiger partial charge on any atom is -0.397 e. The fourth-order valence-corrected chi connectivity index (χ4v) is 3.23. The van der Waals surface area contributed by atoms with Gasteiger partial charge in [-0.3, -0.25) is 4.79 Å². The Morgan fingerprint density at radius 2 is 2.10 bits per heavy atom. The fraction of sp³-hybridized carbons (Fsp3) is 0.688. The van der Waals surface area contributed by atoms with Gasteiger partial charge in [-0.05, 0) is 51.0 Å². The average molecular weight is 277 g/mol. The highest BCUT2D eigenvalue weighted by Gasteiger charge is 2.27. The van der Waals surface area contributed by atoms with E-state index in [1.807, 2.05) is 10.8 Å². The van der Waals surface area contributed by atoms with Crippen LogP contribution < -0.4 is 11.1 Å². The number of nitrogens with one attached hydrogen (secondary N) is 1. The molecule has 1 aromatic rings. The van der Waals surface area contributed by atoms with Crippen molar-refractivity contribution in [2.45, 2.75) is 59.0 Å². The molecule has 0 aliphatic heterocycles. The van der Waals surface area contributed by atoms with Crippen LogP contribution in [0, 0.1) is 11.8 Å². The highest BCUT2D eigenvalue weighted by molar-refractivity contribution is 5.94. The van der Waals surface area contributed by atoms with Crippen molar-refractivity contribution in [3.63, 3.8) is 0 Å². The van der Waals surface area contributed by atoms with Crippen molar-refractivity contribution in [2.24, 2.45) is 11.8 Å².